The summed E-state index contributed by atoms with van der Waals surface area (Å²) in [5.41, 5.74) is 5.80. The van der Waals surface area contributed by atoms with Gasteiger partial charge in [0.25, 0.3) is 0 Å². The van der Waals surface area contributed by atoms with Crippen molar-refractivity contribution in [1.29, 1.82) is 0 Å². The van der Waals surface area contributed by atoms with E-state index in [4.69, 9.17) is 22.1 Å². The highest BCUT2D eigenvalue weighted by molar-refractivity contribution is 6.32. The van der Waals surface area contributed by atoms with E-state index >= 15 is 0 Å². The molecular weight excluding hydrogens is 488 g/mol. The van der Waals surface area contributed by atoms with Crippen molar-refractivity contribution in [2.24, 2.45) is 17.6 Å². The first kappa shape index (κ1) is 24.0. The molecule has 3 aliphatic heterocycles. The second kappa shape index (κ2) is 8.42. The molecule has 2 aromatic rings. The molecule has 5 rings (SSSR count). The number of hydrogen-bond acceptors (Lipinski definition) is 7. The number of imide groups is 1. The molecule has 36 heavy (non-hydrogen) atoms. The second-order valence-electron chi connectivity index (χ2n) is 9.22. The van der Waals surface area contributed by atoms with Crippen molar-refractivity contribution in [1.82, 2.24) is 5.32 Å². The van der Waals surface area contributed by atoms with Gasteiger partial charge in [-0.3, -0.25) is 29.3 Å². The first-order chi connectivity index (χ1) is 17.1. The minimum absolute atomic E-state index is 0.0242. The summed E-state index contributed by atoms with van der Waals surface area (Å²) in [6.45, 7) is 3.02. The molecule has 10 nitrogen and oxygen atoms in total. The summed E-state index contributed by atoms with van der Waals surface area (Å²) in [5.74, 6) is -4.26. The van der Waals surface area contributed by atoms with Crippen LogP contribution in [0, 0.1) is 18.8 Å². The number of fused-ring (bicyclic) bond motifs is 4. The van der Waals surface area contributed by atoms with Gasteiger partial charge in [-0.25, -0.2) is 4.90 Å². The average molecular weight is 511 g/mol. The van der Waals surface area contributed by atoms with Crippen LogP contribution >= 0.6 is 11.6 Å². The fraction of sp³-hybridized carbons (Fsp3) is 0.320. The number of amides is 4. The molecule has 2 unspecified atom stereocenters. The Hall–Kier alpha value is -3.76. The number of carbonyl (C=O) groups is 5. The lowest BCUT2D eigenvalue weighted by atomic mass is 9.76. The largest absolute Gasteiger partial charge is 0.427 e. The third-order valence-corrected chi connectivity index (χ3v) is 7.55. The van der Waals surface area contributed by atoms with E-state index in [9.17, 15) is 24.0 Å². The van der Waals surface area contributed by atoms with Crippen LogP contribution < -0.4 is 26.0 Å². The molecule has 0 saturated carbocycles. The topological polar surface area (TPSA) is 148 Å². The summed E-state index contributed by atoms with van der Waals surface area (Å²) in [7, 11) is 0. The fourth-order valence-corrected chi connectivity index (χ4v) is 5.78. The Balaban J connectivity index is 1.60. The summed E-state index contributed by atoms with van der Waals surface area (Å²) < 4.78 is 5.04. The Kier molecular flexibility index (Phi) is 5.60. The third-order valence-electron chi connectivity index (χ3n) is 7.14. The van der Waals surface area contributed by atoms with Gasteiger partial charge >= 0.3 is 5.97 Å². The Morgan fingerprint density at radius 1 is 1.11 bits per heavy atom. The molecule has 2 aromatic carbocycles. The smallest absolute Gasteiger partial charge is 0.308 e. The van der Waals surface area contributed by atoms with E-state index in [0.717, 1.165) is 4.90 Å². The standard InChI is InChI=1S/C25H23ClN4O6/c1-11-16(26)8-7-15-21(11)28-24(35)25(15)20-19(17(29-25)9-10-18(27)32)22(33)30(23(20)34)13-3-5-14(6-4-13)36-12(2)31/h3-8,17,19-20,29H,9-10H2,1-2H3,(H2,27,32)(H,28,35)/t17?,19-,20+,25?/m1/s1. The number of anilines is 2. The molecule has 0 aromatic heterocycles. The Labute approximate surface area is 211 Å². The maximum absolute atomic E-state index is 13.9. The third kappa shape index (κ3) is 3.40. The number of carbonyl (C=O) groups excluding carboxylic acids is 5. The Morgan fingerprint density at radius 2 is 1.81 bits per heavy atom. The normalized spacial score (nSPS) is 26.2. The first-order valence-electron chi connectivity index (χ1n) is 11.4. The van der Waals surface area contributed by atoms with Gasteiger partial charge in [0.05, 0.1) is 23.2 Å². The van der Waals surface area contributed by atoms with Crippen LogP contribution in [0.3, 0.4) is 0 Å². The number of benzene rings is 2. The van der Waals surface area contributed by atoms with E-state index < -0.39 is 53.0 Å². The number of ether oxygens (including phenoxy) is 1. The van der Waals surface area contributed by atoms with Crippen LogP contribution in [0.2, 0.25) is 5.02 Å². The minimum atomic E-state index is -1.52. The highest BCUT2D eigenvalue weighted by Crippen LogP contribution is 2.55. The van der Waals surface area contributed by atoms with Crippen LogP contribution in [0.5, 0.6) is 5.75 Å². The van der Waals surface area contributed by atoms with E-state index in [1.165, 1.54) is 31.2 Å². The molecule has 3 heterocycles. The second-order valence-corrected chi connectivity index (χ2v) is 9.62. The van der Waals surface area contributed by atoms with Crippen molar-refractivity contribution in [2.45, 2.75) is 38.3 Å². The van der Waals surface area contributed by atoms with Crippen LogP contribution in [-0.4, -0.2) is 35.6 Å². The molecule has 2 fully saturated rings. The van der Waals surface area contributed by atoms with Gasteiger partial charge < -0.3 is 15.8 Å². The molecule has 0 aliphatic carbocycles. The molecule has 1 spiro atoms. The summed E-state index contributed by atoms with van der Waals surface area (Å²) in [6.07, 6.45) is 0.148. The zero-order chi connectivity index (χ0) is 25.9. The summed E-state index contributed by atoms with van der Waals surface area (Å²) >= 11 is 6.28. The predicted octanol–water partition coefficient (Wildman–Crippen LogP) is 1.76. The highest BCUT2D eigenvalue weighted by Gasteiger charge is 2.70. The summed E-state index contributed by atoms with van der Waals surface area (Å²) in [4.78, 5) is 65.0. The monoisotopic (exact) mass is 510 g/mol. The predicted molar refractivity (Wildman–Crippen MR) is 129 cm³/mol. The van der Waals surface area contributed by atoms with Gasteiger partial charge in [0.1, 0.15) is 11.3 Å². The molecule has 4 amide bonds. The van der Waals surface area contributed by atoms with Gasteiger partial charge in [-0.1, -0.05) is 17.7 Å². The molecule has 0 radical (unpaired) electrons. The van der Waals surface area contributed by atoms with Crippen LogP contribution in [0.4, 0.5) is 11.4 Å². The Morgan fingerprint density at radius 3 is 2.44 bits per heavy atom. The van der Waals surface area contributed by atoms with Crippen LogP contribution in [-0.2, 0) is 29.5 Å². The van der Waals surface area contributed by atoms with Crippen molar-refractivity contribution in [3.8, 4) is 5.75 Å². The number of halogens is 1. The quantitative estimate of drug-likeness (QED) is 0.315. The highest BCUT2D eigenvalue weighted by atomic mass is 35.5. The van der Waals surface area contributed by atoms with E-state index in [2.05, 4.69) is 10.6 Å². The molecule has 3 aliphatic rings. The molecule has 4 atom stereocenters. The fourth-order valence-electron chi connectivity index (χ4n) is 5.62. The van der Waals surface area contributed by atoms with Gasteiger partial charge in [0.15, 0.2) is 0 Å². The molecule has 2 saturated heterocycles. The lowest BCUT2D eigenvalue weighted by Gasteiger charge is -2.29. The van der Waals surface area contributed by atoms with Crippen molar-refractivity contribution in [3.05, 3.63) is 52.5 Å². The maximum Gasteiger partial charge on any atom is 0.308 e. The lowest BCUT2D eigenvalue weighted by molar-refractivity contribution is -0.132. The first-order valence-corrected chi connectivity index (χ1v) is 11.8. The molecule has 4 N–H and O–H groups in total. The summed E-state index contributed by atoms with van der Waals surface area (Å²) in [6, 6.07) is 8.63. The van der Waals surface area contributed by atoms with Crippen LogP contribution in [0.25, 0.3) is 0 Å². The average Bonchev–Trinajstić information content (AvgIpc) is 3.40. The number of nitrogens with one attached hydrogen (secondary N) is 2. The molecule has 11 heteroatoms. The Bertz CT molecular complexity index is 1340. The van der Waals surface area contributed by atoms with E-state index in [1.54, 1.807) is 19.1 Å². The van der Waals surface area contributed by atoms with Gasteiger partial charge in [0.2, 0.25) is 23.6 Å². The number of esters is 1. The van der Waals surface area contributed by atoms with Crippen molar-refractivity contribution < 1.29 is 28.7 Å². The van der Waals surface area contributed by atoms with Crippen molar-refractivity contribution in [2.75, 3.05) is 10.2 Å². The molecule has 186 valence electrons. The zero-order valence-electron chi connectivity index (χ0n) is 19.5. The van der Waals surface area contributed by atoms with Crippen molar-refractivity contribution in [3.63, 3.8) is 0 Å². The molecular formula is C25H23ClN4O6. The zero-order valence-corrected chi connectivity index (χ0v) is 20.2. The lowest BCUT2D eigenvalue weighted by Crippen LogP contribution is -2.53. The van der Waals surface area contributed by atoms with Crippen LogP contribution in [0.1, 0.15) is 30.9 Å². The number of nitrogens with two attached hydrogens (primary N) is 1. The minimum Gasteiger partial charge on any atom is -0.427 e. The van der Waals surface area contributed by atoms with Crippen LogP contribution in [0.15, 0.2) is 36.4 Å². The SMILES string of the molecule is CC(=O)Oc1ccc(N2C(=O)[C@@H]3C(CCC(N)=O)NC4(C(=O)Nc5c4ccc(Cl)c5C)[C@@H]3C2=O)cc1. The van der Waals surface area contributed by atoms with E-state index in [0.29, 0.717) is 21.8 Å². The number of primary amides is 1. The van der Waals surface area contributed by atoms with E-state index in [-0.39, 0.29) is 24.3 Å². The van der Waals surface area contributed by atoms with Gasteiger partial charge in [0, 0.05) is 30.0 Å². The maximum atomic E-state index is 13.9. The molecule has 0 bridgehead atoms. The number of nitrogens with zero attached hydrogens (tertiary/aromatic N) is 1. The summed E-state index contributed by atoms with van der Waals surface area (Å²) in [5, 5.41) is 6.55. The number of hydrogen-bond donors (Lipinski definition) is 3. The van der Waals surface area contributed by atoms with Gasteiger partial charge in [-0.2, -0.15) is 0 Å². The number of rotatable bonds is 5. The van der Waals surface area contributed by atoms with E-state index in [1.807, 2.05) is 0 Å². The van der Waals surface area contributed by atoms with Gasteiger partial charge in [-0.05, 0) is 49.2 Å². The van der Waals surface area contributed by atoms with Crippen molar-refractivity contribution >= 4 is 52.6 Å². The van der Waals surface area contributed by atoms with Gasteiger partial charge in [-0.15, -0.1) is 0 Å².